The maximum Gasteiger partial charge on any atom is 0.408 e. The van der Waals surface area contributed by atoms with Crippen molar-refractivity contribution in [1.29, 1.82) is 0 Å². The van der Waals surface area contributed by atoms with E-state index in [-0.39, 0.29) is 24.3 Å². The molecule has 0 saturated heterocycles. The van der Waals surface area contributed by atoms with Gasteiger partial charge < -0.3 is 5.32 Å². The van der Waals surface area contributed by atoms with Gasteiger partial charge in [0.2, 0.25) is 5.91 Å². The summed E-state index contributed by atoms with van der Waals surface area (Å²) < 4.78 is 37.4. The molecule has 0 spiro atoms. The van der Waals surface area contributed by atoms with Crippen molar-refractivity contribution in [3.05, 3.63) is 47.8 Å². The minimum atomic E-state index is -4.38. The van der Waals surface area contributed by atoms with Crippen LogP contribution < -0.4 is 5.32 Å². The summed E-state index contributed by atoms with van der Waals surface area (Å²) in [5.41, 5.74) is 1.71. The first-order valence-corrected chi connectivity index (χ1v) is 7.22. The third-order valence-electron chi connectivity index (χ3n) is 3.21. The van der Waals surface area contributed by atoms with Crippen LogP contribution in [-0.4, -0.2) is 27.6 Å². The zero-order valence-electron chi connectivity index (χ0n) is 12.9. The molecule has 8 heteroatoms. The van der Waals surface area contributed by atoms with Crippen LogP contribution in [0.4, 0.5) is 18.9 Å². The van der Waals surface area contributed by atoms with E-state index in [0.29, 0.717) is 10.2 Å². The molecule has 0 aliphatic carbocycles. The van der Waals surface area contributed by atoms with Crippen LogP contribution in [0.2, 0.25) is 0 Å². The van der Waals surface area contributed by atoms with E-state index in [9.17, 15) is 22.8 Å². The Bertz CT molecular complexity index is 721. The van der Waals surface area contributed by atoms with Gasteiger partial charge >= 0.3 is 6.18 Å². The highest BCUT2D eigenvalue weighted by atomic mass is 19.4. The van der Waals surface area contributed by atoms with Crippen LogP contribution in [0.25, 0.3) is 0 Å². The number of nitrogens with zero attached hydrogens (tertiary/aromatic N) is 2. The van der Waals surface area contributed by atoms with Crippen LogP contribution in [0.1, 0.15) is 28.8 Å². The smallest absolute Gasteiger partial charge is 0.323 e. The molecule has 1 aromatic carbocycles. The van der Waals surface area contributed by atoms with E-state index < -0.39 is 18.6 Å². The molecule has 0 aliphatic heterocycles. The van der Waals surface area contributed by atoms with Gasteiger partial charge in [-0.3, -0.25) is 14.3 Å². The lowest BCUT2D eigenvalue weighted by molar-refractivity contribution is -0.142. The summed E-state index contributed by atoms with van der Waals surface area (Å²) in [7, 11) is 0. The zero-order chi connectivity index (χ0) is 17.7. The number of hydrogen-bond acceptors (Lipinski definition) is 3. The summed E-state index contributed by atoms with van der Waals surface area (Å²) in [6.45, 7) is 0.676. The van der Waals surface area contributed by atoms with Crippen molar-refractivity contribution >= 4 is 17.4 Å². The first-order chi connectivity index (χ1) is 11.2. The number of halogens is 3. The highest BCUT2D eigenvalue weighted by molar-refractivity contribution is 5.99. The number of carbonyl (C=O) groups excluding carboxylic acids is 2. The van der Waals surface area contributed by atoms with Gasteiger partial charge in [0.15, 0.2) is 5.78 Å². The number of nitrogens with one attached hydrogen (secondary N) is 1. The van der Waals surface area contributed by atoms with Crippen molar-refractivity contribution in [2.24, 2.45) is 0 Å². The van der Waals surface area contributed by atoms with Gasteiger partial charge in [-0.15, -0.1) is 0 Å². The minimum absolute atomic E-state index is 0.0194. The van der Waals surface area contributed by atoms with Gasteiger partial charge in [-0.2, -0.15) is 18.3 Å². The fourth-order valence-electron chi connectivity index (χ4n) is 2.03. The molecule has 0 atom stereocenters. The molecule has 0 radical (unpaired) electrons. The number of ketones is 1. The molecule has 0 bridgehead atoms. The number of rotatable bonds is 6. The largest absolute Gasteiger partial charge is 0.408 e. The third kappa shape index (κ3) is 5.53. The highest BCUT2D eigenvalue weighted by Gasteiger charge is 2.28. The summed E-state index contributed by atoms with van der Waals surface area (Å²) >= 11 is 0. The summed E-state index contributed by atoms with van der Waals surface area (Å²) in [6, 6.07) is 7.00. The Morgan fingerprint density at radius 3 is 2.46 bits per heavy atom. The van der Waals surface area contributed by atoms with Crippen LogP contribution >= 0.6 is 0 Å². The number of benzene rings is 1. The number of carbonyl (C=O) groups is 2. The second-order valence-corrected chi connectivity index (χ2v) is 5.38. The monoisotopic (exact) mass is 339 g/mol. The second kappa shape index (κ2) is 7.29. The van der Waals surface area contributed by atoms with Gasteiger partial charge in [0.1, 0.15) is 6.54 Å². The Balaban J connectivity index is 1.83. The lowest BCUT2D eigenvalue weighted by Gasteiger charge is -2.05. The van der Waals surface area contributed by atoms with Crippen molar-refractivity contribution in [2.75, 3.05) is 5.32 Å². The Labute approximate surface area is 136 Å². The van der Waals surface area contributed by atoms with Gasteiger partial charge in [-0.25, -0.2) is 0 Å². The molecule has 2 aromatic rings. The predicted octanol–water partition coefficient (Wildman–Crippen LogP) is 3.36. The molecule has 5 nitrogen and oxygen atoms in total. The SMILES string of the molecule is Cc1ccc(C(=O)CCC(=O)Nc2cnn(CC(F)(F)F)c2)cc1. The topological polar surface area (TPSA) is 64.0 Å². The molecule has 2 rings (SSSR count). The van der Waals surface area contributed by atoms with E-state index >= 15 is 0 Å². The molecule has 24 heavy (non-hydrogen) atoms. The Kier molecular flexibility index (Phi) is 5.38. The fourth-order valence-corrected chi connectivity index (χ4v) is 2.03. The highest BCUT2D eigenvalue weighted by Crippen LogP contribution is 2.18. The standard InChI is InChI=1S/C16H16F3N3O2/c1-11-2-4-12(5-3-11)14(23)6-7-15(24)21-13-8-20-22(9-13)10-16(17,18)19/h2-5,8-9H,6-7,10H2,1H3,(H,21,24). The maximum atomic E-state index is 12.2. The average molecular weight is 339 g/mol. The molecule has 0 saturated carbocycles. The van der Waals surface area contributed by atoms with Crippen LogP contribution in [0, 0.1) is 6.92 Å². The van der Waals surface area contributed by atoms with Gasteiger partial charge in [-0.05, 0) is 6.92 Å². The third-order valence-corrected chi connectivity index (χ3v) is 3.21. The first kappa shape index (κ1) is 17.7. The van der Waals surface area contributed by atoms with Crippen LogP contribution in [0.15, 0.2) is 36.7 Å². The Hall–Kier alpha value is -2.64. The predicted molar refractivity (Wildman–Crippen MR) is 81.7 cm³/mol. The molecule has 0 aliphatic rings. The number of anilines is 1. The van der Waals surface area contributed by atoms with Crippen molar-refractivity contribution in [2.45, 2.75) is 32.5 Å². The molecular formula is C16H16F3N3O2. The van der Waals surface area contributed by atoms with Gasteiger partial charge in [0.05, 0.1) is 11.9 Å². The first-order valence-electron chi connectivity index (χ1n) is 7.22. The molecule has 0 fully saturated rings. The van der Waals surface area contributed by atoms with E-state index in [0.717, 1.165) is 18.0 Å². The average Bonchev–Trinajstić information content (AvgIpc) is 2.90. The van der Waals surface area contributed by atoms with E-state index in [1.54, 1.807) is 12.1 Å². The van der Waals surface area contributed by atoms with Crippen molar-refractivity contribution in [1.82, 2.24) is 9.78 Å². The van der Waals surface area contributed by atoms with Crippen molar-refractivity contribution in [3.63, 3.8) is 0 Å². The molecule has 128 valence electrons. The van der Waals surface area contributed by atoms with Crippen molar-refractivity contribution in [3.8, 4) is 0 Å². The minimum Gasteiger partial charge on any atom is -0.323 e. The summed E-state index contributed by atoms with van der Waals surface area (Å²) in [4.78, 5) is 23.7. The summed E-state index contributed by atoms with van der Waals surface area (Å²) in [6.07, 6.45) is -2.20. The van der Waals surface area contributed by atoms with E-state index in [2.05, 4.69) is 10.4 Å². The Morgan fingerprint density at radius 1 is 1.17 bits per heavy atom. The number of aromatic nitrogens is 2. The fraction of sp³-hybridized carbons (Fsp3) is 0.312. The van der Waals surface area contributed by atoms with Gasteiger partial charge in [-0.1, -0.05) is 29.8 Å². The van der Waals surface area contributed by atoms with Crippen molar-refractivity contribution < 1.29 is 22.8 Å². The number of amides is 1. The van der Waals surface area contributed by atoms with Crippen LogP contribution in [0.5, 0.6) is 0 Å². The van der Waals surface area contributed by atoms with E-state index in [1.165, 1.54) is 0 Å². The van der Waals surface area contributed by atoms with E-state index in [1.807, 2.05) is 19.1 Å². The van der Waals surface area contributed by atoms with E-state index in [4.69, 9.17) is 0 Å². The van der Waals surface area contributed by atoms with Crippen LogP contribution in [-0.2, 0) is 11.3 Å². The number of aryl methyl sites for hydroxylation is 1. The van der Waals surface area contributed by atoms with Crippen LogP contribution in [0.3, 0.4) is 0 Å². The quantitative estimate of drug-likeness (QED) is 0.821. The number of Topliss-reactive ketones (excluding diaryl/α,β-unsaturated/α-hetero) is 1. The lowest BCUT2D eigenvalue weighted by Crippen LogP contribution is -2.18. The van der Waals surface area contributed by atoms with Gasteiger partial charge in [0.25, 0.3) is 0 Å². The molecule has 1 amide bonds. The molecule has 1 aromatic heterocycles. The molecule has 1 heterocycles. The number of hydrogen-bond donors (Lipinski definition) is 1. The zero-order valence-corrected chi connectivity index (χ0v) is 12.9. The normalized spacial score (nSPS) is 11.3. The second-order valence-electron chi connectivity index (χ2n) is 5.38. The van der Waals surface area contributed by atoms with Gasteiger partial charge in [0, 0.05) is 24.6 Å². The maximum absolute atomic E-state index is 12.2. The molecule has 0 unspecified atom stereocenters. The molecule has 1 N–H and O–H groups in total. The Morgan fingerprint density at radius 2 is 1.83 bits per heavy atom. The lowest BCUT2D eigenvalue weighted by atomic mass is 10.1. The summed E-state index contributed by atoms with van der Waals surface area (Å²) in [5.74, 6) is -0.625. The number of alkyl halides is 3. The summed E-state index contributed by atoms with van der Waals surface area (Å²) in [5, 5.41) is 5.94. The molecular weight excluding hydrogens is 323 g/mol.